The summed E-state index contributed by atoms with van der Waals surface area (Å²) in [5.41, 5.74) is 0.0813. The van der Waals surface area contributed by atoms with Gasteiger partial charge >= 0.3 is 29.6 Å². The summed E-state index contributed by atoms with van der Waals surface area (Å²) in [6, 6.07) is 0. The Morgan fingerprint density at radius 3 is 2.25 bits per heavy atom. The minimum absolute atomic E-state index is 0. The van der Waals surface area contributed by atoms with E-state index in [0.717, 1.165) is 0 Å². The van der Waals surface area contributed by atoms with Gasteiger partial charge in [-0.05, 0) is 20.8 Å². The fraction of sp³-hybridized carbons (Fsp3) is 0.667. The summed E-state index contributed by atoms with van der Waals surface area (Å²) in [6.45, 7) is 5.36. The average Bonchev–Trinajstić information content (AvgIpc) is 1.83. The van der Waals surface area contributed by atoms with Gasteiger partial charge in [0.1, 0.15) is 0 Å². The summed E-state index contributed by atoms with van der Waals surface area (Å²) in [6.07, 6.45) is 0. The van der Waals surface area contributed by atoms with Crippen LogP contribution in [-0.2, 0) is 12.6 Å². The van der Waals surface area contributed by atoms with Crippen molar-refractivity contribution in [3.8, 4) is 0 Å². The molecule has 0 aromatic heterocycles. The van der Waals surface area contributed by atoms with Crippen molar-refractivity contribution in [3.63, 3.8) is 0 Å². The second-order valence-electron chi connectivity index (χ2n) is 2.72. The van der Waals surface area contributed by atoms with Gasteiger partial charge in [0.05, 0.1) is 11.3 Å². The third kappa shape index (κ3) is 5.27. The quantitative estimate of drug-likeness (QED) is 0.140. The van der Waals surface area contributed by atoms with E-state index in [-0.39, 0.29) is 33.9 Å². The van der Waals surface area contributed by atoms with Gasteiger partial charge in [0.2, 0.25) is 0 Å². The molecule has 12 heavy (non-hydrogen) atoms. The molecule has 0 unspecified atom stereocenters. The van der Waals surface area contributed by atoms with Crippen LogP contribution in [0.3, 0.4) is 0 Å². The maximum absolute atomic E-state index is 8.45. The zero-order valence-electron chi connectivity index (χ0n) is 7.71. The number of rotatable bonds is 2. The molecule has 64 valence electrons. The van der Waals surface area contributed by atoms with Gasteiger partial charge in [-0.3, -0.25) is 0 Å². The Morgan fingerprint density at radius 1 is 1.58 bits per heavy atom. The maximum Gasteiger partial charge on any atom is 1.00 e. The molecule has 0 radical (unpaired) electrons. The largest absolute Gasteiger partial charge is 1.00 e. The van der Waals surface area contributed by atoms with Crippen molar-refractivity contribution >= 4 is 34.9 Å². The molecule has 0 aliphatic rings. The monoisotopic (exact) mass is 214 g/mol. The van der Waals surface area contributed by atoms with Crippen LogP contribution in [0.25, 0.3) is 0 Å². The van der Waals surface area contributed by atoms with Crippen LogP contribution in [-0.4, -0.2) is 20.8 Å². The Hall–Kier alpha value is 0.580. The Balaban J connectivity index is 0. The molecular weight excluding hydrogens is 203 g/mol. The fourth-order valence-corrected chi connectivity index (χ4v) is 0.981. The molecule has 0 bridgehead atoms. The van der Waals surface area contributed by atoms with Gasteiger partial charge in [0, 0.05) is 0 Å². The minimum atomic E-state index is -0.465. The zero-order valence-corrected chi connectivity index (χ0v) is 11.3. The van der Waals surface area contributed by atoms with Crippen LogP contribution in [0.4, 0.5) is 0 Å². The van der Waals surface area contributed by atoms with Gasteiger partial charge in [-0.1, -0.05) is 9.48 Å². The van der Waals surface area contributed by atoms with Gasteiger partial charge in [-0.15, -0.1) is 0 Å². The number of hydrogen-bond acceptors (Lipinski definition) is 4. The van der Waals surface area contributed by atoms with Crippen LogP contribution < -0.4 is 34.9 Å². The predicted octanol–water partition coefficient (Wildman–Crippen LogP) is -1.96. The SMILES string of the molecule is C/C(=N\O)C(C)(C)NC(=S)[S-].[Na+]. The molecule has 0 aliphatic heterocycles. The Labute approximate surface area is 106 Å². The normalized spacial score (nSPS) is 11.8. The zero-order chi connectivity index (χ0) is 9.07. The first-order valence-electron chi connectivity index (χ1n) is 3.08. The first-order valence-corrected chi connectivity index (χ1v) is 3.90. The molecule has 0 saturated heterocycles. The Kier molecular flexibility index (Phi) is 7.66. The standard InChI is InChI=1S/C6H12N2OS2.Na/c1-4(8-9)6(2,3)7-5(10)11;/h9H,1-3H3,(H2,7,10,11);/q;+1/p-1/b8-4+;. The second-order valence-corrected chi connectivity index (χ2v) is 3.80. The van der Waals surface area contributed by atoms with Crippen molar-refractivity contribution in [2.75, 3.05) is 0 Å². The molecule has 0 atom stereocenters. The number of nitrogens with zero attached hydrogens (tertiary/aromatic N) is 1. The number of nitrogens with one attached hydrogen (secondary N) is 1. The van der Waals surface area contributed by atoms with Crippen molar-refractivity contribution in [2.24, 2.45) is 5.16 Å². The van der Waals surface area contributed by atoms with Crippen molar-refractivity contribution in [1.82, 2.24) is 5.32 Å². The van der Waals surface area contributed by atoms with Crippen molar-refractivity contribution in [2.45, 2.75) is 26.3 Å². The van der Waals surface area contributed by atoms with Crippen LogP contribution in [0.15, 0.2) is 5.16 Å². The molecule has 2 N–H and O–H groups in total. The summed E-state index contributed by atoms with van der Waals surface area (Å²) in [5, 5.41) is 14.3. The van der Waals surface area contributed by atoms with Gasteiger partial charge in [0.25, 0.3) is 0 Å². The van der Waals surface area contributed by atoms with Gasteiger partial charge in [-0.25, -0.2) is 0 Å². The number of oxime groups is 1. The molecule has 0 amide bonds. The summed E-state index contributed by atoms with van der Waals surface area (Å²) >= 11 is 9.36. The molecule has 0 saturated carbocycles. The molecule has 0 aromatic rings. The molecule has 0 fully saturated rings. The number of hydrogen-bond donors (Lipinski definition) is 2. The van der Waals surface area contributed by atoms with Crippen LogP contribution in [0.1, 0.15) is 20.8 Å². The number of thiocarbonyl (C=S) groups is 1. The van der Waals surface area contributed by atoms with E-state index in [1.807, 2.05) is 13.8 Å². The van der Waals surface area contributed by atoms with Crippen molar-refractivity contribution in [3.05, 3.63) is 0 Å². The van der Waals surface area contributed by atoms with Gasteiger partial charge in [-0.2, -0.15) is 0 Å². The van der Waals surface area contributed by atoms with Crippen LogP contribution >= 0.6 is 12.2 Å². The van der Waals surface area contributed by atoms with E-state index >= 15 is 0 Å². The molecule has 6 heteroatoms. The van der Waals surface area contributed by atoms with E-state index in [0.29, 0.717) is 5.71 Å². The molecule has 0 spiro atoms. The maximum atomic E-state index is 8.45. The van der Waals surface area contributed by atoms with E-state index in [4.69, 9.17) is 5.21 Å². The molecule has 0 aromatic carbocycles. The second kappa shape index (κ2) is 6.10. The van der Waals surface area contributed by atoms with E-state index in [2.05, 4.69) is 35.3 Å². The van der Waals surface area contributed by atoms with Gasteiger partial charge in [0.15, 0.2) is 0 Å². The van der Waals surface area contributed by atoms with Crippen molar-refractivity contribution in [1.29, 1.82) is 0 Å². The first kappa shape index (κ1) is 15.1. The van der Waals surface area contributed by atoms with Crippen LogP contribution in [0, 0.1) is 0 Å². The van der Waals surface area contributed by atoms with E-state index in [1.54, 1.807) is 6.92 Å². The topological polar surface area (TPSA) is 44.6 Å². The van der Waals surface area contributed by atoms with Gasteiger partial charge < -0.3 is 35.4 Å². The van der Waals surface area contributed by atoms with E-state index < -0.39 is 5.54 Å². The fourth-order valence-electron chi connectivity index (χ4n) is 0.471. The third-order valence-electron chi connectivity index (χ3n) is 1.47. The summed E-state index contributed by atoms with van der Waals surface area (Å²) in [7, 11) is 0. The molecular formula is C6H11N2NaOS2. The van der Waals surface area contributed by atoms with Crippen molar-refractivity contribution < 1.29 is 34.8 Å². The predicted molar refractivity (Wildman–Crippen MR) is 52.1 cm³/mol. The van der Waals surface area contributed by atoms with Crippen LogP contribution in [0.5, 0.6) is 0 Å². The molecule has 0 aliphatic carbocycles. The first-order chi connectivity index (χ1) is 4.90. The summed E-state index contributed by atoms with van der Waals surface area (Å²) in [5.74, 6) is 0. The molecule has 3 nitrogen and oxygen atoms in total. The Bertz CT molecular complexity index is 194. The summed E-state index contributed by atoms with van der Waals surface area (Å²) < 4.78 is 0.276. The Morgan fingerprint density at radius 2 is 2.00 bits per heavy atom. The molecule has 0 rings (SSSR count). The molecule has 0 heterocycles. The van der Waals surface area contributed by atoms with E-state index in [1.165, 1.54) is 0 Å². The minimum Gasteiger partial charge on any atom is -0.412 e. The van der Waals surface area contributed by atoms with Crippen LogP contribution in [0.2, 0.25) is 0 Å². The van der Waals surface area contributed by atoms with E-state index in [9.17, 15) is 0 Å². The summed E-state index contributed by atoms with van der Waals surface area (Å²) in [4.78, 5) is 0. The average molecular weight is 214 g/mol. The smallest absolute Gasteiger partial charge is 0.412 e. The third-order valence-corrected chi connectivity index (χ3v) is 1.67.